The van der Waals surface area contributed by atoms with Crippen LogP contribution in [0.25, 0.3) is 16.9 Å². The third-order valence-electron chi connectivity index (χ3n) is 8.02. The minimum atomic E-state index is -2.39. The summed E-state index contributed by atoms with van der Waals surface area (Å²) in [6, 6.07) is 15.1. The van der Waals surface area contributed by atoms with E-state index in [0.717, 1.165) is 18.5 Å². The molecule has 1 aromatic carbocycles. The van der Waals surface area contributed by atoms with Crippen LogP contribution in [-0.4, -0.2) is 48.3 Å². The Hall–Kier alpha value is -3.37. The maximum Gasteiger partial charge on any atom is 0.229 e. The van der Waals surface area contributed by atoms with Crippen molar-refractivity contribution in [2.24, 2.45) is 4.36 Å². The average molecular weight is 546 g/mol. The fourth-order valence-corrected chi connectivity index (χ4v) is 6.72. The Labute approximate surface area is 227 Å². The number of halogens is 1. The molecule has 3 aromatic heterocycles. The van der Waals surface area contributed by atoms with E-state index in [0.29, 0.717) is 52.3 Å². The molecule has 2 N–H and O–H groups in total. The number of hydrogen-bond acceptors (Lipinski definition) is 7. The second kappa shape index (κ2) is 9.38. The van der Waals surface area contributed by atoms with Crippen molar-refractivity contribution in [2.45, 2.75) is 62.4 Å². The van der Waals surface area contributed by atoms with Gasteiger partial charge in [-0.25, -0.2) is 18.6 Å². The standard InChI is InChI=1S/C29H32FN7OS/c1-39(2,38)36-24-4-3-5-25(34-24)37-27(18-6-7-18)26(30)23-16-31-29(35-28(23)37)33-20-10-8-17(9-11-20)19-14-21-12-13-22(15-19)32-21/h3-5,8-11,16,18-19,21-22,32H,6-7,12-15H2,1-2H3,(H,31,33,35)/t19?,21-,22+. The van der Waals surface area contributed by atoms with Crippen molar-refractivity contribution in [1.82, 2.24) is 24.8 Å². The number of aromatic nitrogens is 4. The monoisotopic (exact) mass is 545 g/mol. The lowest BCUT2D eigenvalue weighted by Gasteiger charge is -2.29. The maximum absolute atomic E-state index is 15.7. The van der Waals surface area contributed by atoms with E-state index in [1.54, 1.807) is 41.5 Å². The van der Waals surface area contributed by atoms with Crippen molar-refractivity contribution in [3.05, 3.63) is 65.7 Å². The lowest BCUT2D eigenvalue weighted by Crippen LogP contribution is -2.37. The lowest BCUT2D eigenvalue weighted by atomic mass is 9.86. The highest BCUT2D eigenvalue weighted by atomic mass is 32.2. The van der Waals surface area contributed by atoms with E-state index >= 15 is 4.39 Å². The van der Waals surface area contributed by atoms with E-state index in [9.17, 15) is 4.21 Å². The largest absolute Gasteiger partial charge is 0.324 e. The molecule has 0 radical (unpaired) electrons. The van der Waals surface area contributed by atoms with Crippen LogP contribution < -0.4 is 10.6 Å². The first kappa shape index (κ1) is 24.7. The summed E-state index contributed by atoms with van der Waals surface area (Å²) >= 11 is 0. The van der Waals surface area contributed by atoms with Gasteiger partial charge in [-0.1, -0.05) is 18.2 Å². The molecule has 1 aliphatic carbocycles. The second-order valence-electron chi connectivity index (χ2n) is 11.4. The number of benzene rings is 1. The first-order valence-electron chi connectivity index (χ1n) is 13.7. The van der Waals surface area contributed by atoms with Crippen molar-refractivity contribution in [3.8, 4) is 5.82 Å². The SMILES string of the molecule is CS(C)(=O)=Nc1cccc(-n2c(C3CC3)c(F)c3cnc(Nc4ccc(C5C[C@H]6CC[C@@H](C5)N6)cc4)nc32)n1. The van der Waals surface area contributed by atoms with Crippen molar-refractivity contribution >= 4 is 38.2 Å². The molecule has 39 heavy (non-hydrogen) atoms. The molecule has 10 heteroatoms. The third kappa shape index (κ3) is 4.91. The highest BCUT2D eigenvalue weighted by molar-refractivity contribution is 7.92. The van der Waals surface area contributed by atoms with Gasteiger partial charge in [0.15, 0.2) is 17.3 Å². The topological polar surface area (TPSA) is 97.1 Å². The molecule has 1 unspecified atom stereocenters. The molecule has 202 valence electrons. The fraction of sp³-hybridized carbons (Fsp3) is 0.414. The van der Waals surface area contributed by atoms with Crippen molar-refractivity contribution in [3.63, 3.8) is 0 Å². The number of rotatable bonds is 6. The first-order chi connectivity index (χ1) is 18.8. The lowest BCUT2D eigenvalue weighted by molar-refractivity contribution is 0.363. The summed E-state index contributed by atoms with van der Waals surface area (Å²) in [7, 11) is -2.39. The number of nitrogens with zero attached hydrogens (tertiary/aromatic N) is 5. The summed E-state index contributed by atoms with van der Waals surface area (Å²) in [6.07, 6.45) is 11.5. The van der Waals surface area contributed by atoms with Gasteiger partial charge in [-0.05, 0) is 74.3 Å². The predicted molar refractivity (Wildman–Crippen MR) is 152 cm³/mol. The second-order valence-corrected chi connectivity index (χ2v) is 14.0. The molecule has 3 fully saturated rings. The number of fused-ring (bicyclic) bond motifs is 3. The van der Waals surface area contributed by atoms with Gasteiger partial charge in [0.25, 0.3) is 0 Å². The molecule has 2 saturated heterocycles. The summed E-state index contributed by atoms with van der Waals surface area (Å²) in [5, 5.41) is 7.38. The molecular formula is C29H32FN7OS. The summed E-state index contributed by atoms with van der Waals surface area (Å²) in [5.74, 6) is 1.64. The molecule has 3 aliphatic rings. The Bertz CT molecular complexity index is 1670. The van der Waals surface area contributed by atoms with Crippen LogP contribution in [0.2, 0.25) is 0 Å². The summed E-state index contributed by atoms with van der Waals surface area (Å²) in [6.45, 7) is 0. The highest BCUT2D eigenvalue weighted by Gasteiger charge is 2.35. The molecule has 0 amide bonds. The Kier molecular flexibility index (Phi) is 5.93. The van der Waals surface area contributed by atoms with E-state index in [-0.39, 0.29) is 11.7 Å². The van der Waals surface area contributed by atoms with Crippen LogP contribution in [0.5, 0.6) is 0 Å². The normalized spacial score (nSPS) is 22.8. The first-order valence-corrected chi connectivity index (χ1v) is 16.0. The number of anilines is 2. The van der Waals surface area contributed by atoms with E-state index in [4.69, 9.17) is 4.98 Å². The molecule has 0 spiro atoms. The Morgan fingerprint density at radius 2 is 1.74 bits per heavy atom. The maximum atomic E-state index is 15.7. The summed E-state index contributed by atoms with van der Waals surface area (Å²) in [4.78, 5) is 13.8. The molecule has 3 atom stereocenters. The zero-order chi connectivity index (χ0) is 26.7. The van der Waals surface area contributed by atoms with Crippen LogP contribution in [0.1, 0.15) is 61.6 Å². The van der Waals surface area contributed by atoms with E-state index in [2.05, 4.69) is 49.2 Å². The van der Waals surface area contributed by atoms with Gasteiger partial charge in [0, 0.05) is 52.1 Å². The fourth-order valence-electron chi connectivity index (χ4n) is 6.17. The van der Waals surface area contributed by atoms with Crippen LogP contribution >= 0.6 is 0 Å². The Morgan fingerprint density at radius 1 is 1.00 bits per heavy atom. The van der Waals surface area contributed by atoms with Gasteiger partial charge in [0.2, 0.25) is 5.95 Å². The van der Waals surface area contributed by atoms with Gasteiger partial charge in [-0.2, -0.15) is 9.35 Å². The molecule has 4 aromatic rings. The van der Waals surface area contributed by atoms with Crippen molar-refractivity contribution in [2.75, 3.05) is 17.8 Å². The third-order valence-corrected chi connectivity index (χ3v) is 8.65. The quantitative estimate of drug-likeness (QED) is 0.312. The summed E-state index contributed by atoms with van der Waals surface area (Å²) < 4.78 is 33.9. The number of piperidine rings is 1. The van der Waals surface area contributed by atoms with Crippen LogP contribution in [-0.2, 0) is 9.73 Å². The van der Waals surface area contributed by atoms with E-state index < -0.39 is 9.73 Å². The highest BCUT2D eigenvalue weighted by Crippen LogP contribution is 2.45. The smallest absolute Gasteiger partial charge is 0.229 e. The minimum absolute atomic E-state index is 0.109. The van der Waals surface area contributed by atoms with Crippen LogP contribution in [0, 0.1) is 5.82 Å². The molecule has 1 saturated carbocycles. The van der Waals surface area contributed by atoms with Gasteiger partial charge in [-0.15, -0.1) is 0 Å². The molecule has 5 heterocycles. The van der Waals surface area contributed by atoms with Gasteiger partial charge >= 0.3 is 0 Å². The van der Waals surface area contributed by atoms with Crippen molar-refractivity contribution in [1.29, 1.82) is 0 Å². The molecule has 2 aliphatic heterocycles. The summed E-state index contributed by atoms with van der Waals surface area (Å²) in [5.41, 5.74) is 3.28. The molecule has 8 nitrogen and oxygen atoms in total. The minimum Gasteiger partial charge on any atom is -0.324 e. The Morgan fingerprint density at radius 3 is 2.44 bits per heavy atom. The van der Waals surface area contributed by atoms with E-state index in [1.165, 1.54) is 31.2 Å². The Balaban J connectivity index is 1.22. The van der Waals surface area contributed by atoms with Crippen LogP contribution in [0.3, 0.4) is 0 Å². The van der Waals surface area contributed by atoms with Crippen molar-refractivity contribution < 1.29 is 8.60 Å². The predicted octanol–water partition coefficient (Wildman–Crippen LogP) is 5.93. The van der Waals surface area contributed by atoms with Crippen LogP contribution in [0.4, 0.5) is 21.8 Å². The van der Waals surface area contributed by atoms with E-state index in [1.807, 2.05) is 0 Å². The zero-order valence-corrected chi connectivity index (χ0v) is 22.9. The average Bonchev–Trinajstić information content (AvgIpc) is 3.63. The van der Waals surface area contributed by atoms with Gasteiger partial charge in [0.05, 0.1) is 11.1 Å². The molecule has 7 rings (SSSR count). The molecule has 2 bridgehead atoms. The van der Waals surface area contributed by atoms with Crippen LogP contribution in [0.15, 0.2) is 53.0 Å². The van der Waals surface area contributed by atoms with Gasteiger partial charge in [0.1, 0.15) is 5.82 Å². The van der Waals surface area contributed by atoms with Gasteiger partial charge < -0.3 is 10.6 Å². The van der Waals surface area contributed by atoms with Gasteiger partial charge in [-0.3, -0.25) is 4.57 Å². The molecular weight excluding hydrogens is 513 g/mol. The number of pyridine rings is 1. The number of hydrogen-bond donors (Lipinski definition) is 2. The number of nitrogens with one attached hydrogen (secondary N) is 2. The zero-order valence-electron chi connectivity index (χ0n) is 22.1.